The lowest BCUT2D eigenvalue weighted by Crippen LogP contribution is -2.42. The van der Waals surface area contributed by atoms with Crippen LogP contribution in [-0.4, -0.2) is 23.1 Å². The van der Waals surface area contributed by atoms with Crippen molar-refractivity contribution in [1.82, 2.24) is 5.32 Å². The van der Waals surface area contributed by atoms with E-state index in [1.54, 1.807) is 6.07 Å². The molecule has 0 bridgehead atoms. The van der Waals surface area contributed by atoms with Gasteiger partial charge in [-0.25, -0.2) is 9.59 Å². The van der Waals surface area contributed by atoms with Crippen LogP contribution in [0.2, 0.25) is 0 Å². The van der Waals surface area contributed by atoms with Crippen LogP contribution >= 0.6 is 38.5 Å². The van der Waals surface area contributed by atoms with E-state index in [9.17, 15) is 9.59 Å². The summed E-state index contributed by atoms with van der Waals surface area (Å²) in [6, 6.07) is 3.85. The van der Waals surface area contributed by atoms with E-state index in [-0.39, 0.29) is 6.42 Å². The summed E-state index contributed by atoms with van der Waals surface area (Å²) < 4.78 is 1.75. The minimum atomic E-state index is -1.10. The van der Waals surface area contributed by atoms with Crippen LogP contribution < -0.4 is 10.6 Å². The Hall–Kier alpha value is -1.09. The highest BCUT2D eigenvalue weighted by molar-refractivity contribution is 14.1. The first-order valence-electron chi connectivity index (χ1n) is 5.30. The fourth-order valence-electron chi connectivity index (χ4n) is 1.30. The number of aliphatic carboxylic acids is 1. The molecule has 0 radical (unpaired) electrons. The number of hydrogen-bond acceptors (Lipinski definition) is 2. The predicted molar refractivity (Wildman–Crippen MR) is 85.3 cm³/mol. The monoisotopic (exact) mass is 438 g/mol. The molecule has 1 aromatic carbocycles. The fraction of sp³-hybridized carbons (Fsp3) is 0.167. The number of rotatable bonds is 5. The van der Waals surface area contributed by atoms with Crippen molar-refractivity contribution in [3.8, 4) is 0 Å². The Bertz CT molecular complexity index is 508. The highest BCUT2D eigenvalue weighted by Crippen LogP contribution is 2.24. The first-order chi connectivity index (χ1) is 8.93. The van der Waals surface area contributed by atoms with Gasteiger partial charge in [0.05, 0.1) is 5.69 Å². The molecule has 19 heavy (non-hydrogen) atoms. The van der Waals surface area contributed by atoms with Gasteiger partial charge in [-0.1, -0.05) is 6.08 Å². The second-order valence-electron chi connectivity index (χ2n) is 3.64. The molecule has 0 fully saturated rings. The van der Waals surface area contributed by atoms with Crippen LogP contribution in [-0.2, 0) is 4.79 Å². The Kier molecular flexibility index (Phi) is 6.29. The number of carbonyl (C=O) groups excluding carboxylic acids is 1. The molecule has 3 N–H and O–H groups in total. The van der Waals surface area contributed by atoms with E-state index in [0.717, 1.165) is 8.04 Å². The van der Waals surface area contributed by atoms with Crippen molar-refractivity contribution in [3.63, 3.8) is 0 Å². The van der Waals surface area contributed by atoms with Gasteiger partial charge in [-0.05, 0) is 63.1 Å². The number of urea groups is 1. The number of hydrogen-bond donors (Lipinski definition) is 3. The summed E-state index contributed by atoms with van der Waals surface area (Å²) in [5.41, 5.74) is 0.570. The maximum absolute atomic E-state index is 11.7. The zero-order chi connectivity index (χ0) is 14.4. The third-order valence-corrected chi connectivity index (χ3v) is 3.51. The normalized spacial score (nSPS) is 11.5. The number of benzene rings is 1. The van der Waals surface area contributed by atoms with Gasteiger partial charge in [0.1, 0.15) is 6.04 Å². The lowest BCUT2D eigenvalue weighted by molar-refractivity contribution is -0.139. The largest absolute Gasteiger partial charge is 0.480 e. The van der Waals surface area contributed by atoms with Crippen molar-refractivity contribution in [2.45, 2.75) is 12.5 Å². The zero-order valence-electron chi connectivity index (χ0n) is 9.82. The Balaban J connectivity index is 2.68. The number of carboxylic acid groups (broad SMARTS) is 1. The SMILES string of the molecule is C=CCC(NC(=O)Nc1ccc(I)cc1Br)C(=O)O. The molecule has 1 rings (SSSR count). The quantitative estimate of drug-likeness (QED) is 0.488. The number of nitrogens with one attached hydrogen (secondary N) is 2. The maximum Gasteiger partial charge on any atom is 0.326 e. The predicted octanol–water partition coefficient (Wildman–Crippen LogP) is 3.20. The van der Waals surface area contributed by atoms with Crippen molar-refractivity contribution < 1.29 is 14.7 Å². The Labute approximate surface area is 132 Å². The van der Waals surface area contributed by atoms with E-state index in [1.165, 1.54) is 6.08 Å². The lowest BCUT2D eigenvalue weighted by Gasteiger charge is -2.14. The van der Waals surface area contributed by atoms with Gasteiger partial charge in [-0.15, -0.1) is 6.58 Å². The molecule has 0 aliphatic rings. The average Bonchev–Trinajstić information content (AvgIpc) is 2.32. The van der Waals surface area contributed by atoms with Crippen molar-refractivity contribution in [2.24, 2.45) is 0 Å². The van der Waals surface area contributed by atoms with Gasteiger partial charge < -0.3 is 15.7 Å². The van der Waals surface area contributed by atoms with Crippen LogP contribution in [0.1, 0.15) is 6.42 Å². The Morgan fingerprint density at radius 2 is 2.21 bits per heavy atom. The van der Waals surface area contributed by atoms with E-state index in [2.05, 4.69) is 55.7 Å². The summed E-state index contributed by atoms with van der Waals surface area (Å²) in [4.78, 5) is 22.6. The third kappa shape index (κ3) is 5.19. The molecule has 0 aliphatic carbocycles. The molecule has 0 aliphatic heterocycles. The molecule has 7 heteroatoms. The topological polar surface area (TPSA) is 78.4 Å². The van der Waals surface area contributed by atoms with E-state index in [4.69, 9.17) is 5.11 Å². The molecular weight excluding hydrogens is 427 g/mol. The highest BCUT2D eigenvalue weighted by Gasteiger charge is 2.18. The summed E-state index contributed by atoms with van der Waals surface area (Å²) in [6.45, 7) is 3.45. The maximum atomic E-state index is 11.7. The molecule has 1 atom stereocenters. The van der Waals surface area contributed by atoms with Crippen molar-refractivity contribution in [2.75, 3.05) is 5.32 Å². The van der Waals surface area contributed by atoms with Gasteiger partial charge in [0.2, 0.25) is 0 Å². The van der Waals surface area contributed by atoms with Gasteiger partial charge in [-0.3, -0.25) is 0 Å². The zero-order valence-corrected chi connectivity index (χ0v) is 13.6. The lowest BCUT2D eigenvalue weighted by atomic mass is 10.2. The standard InChI is InChI=1S/C12H12BrIN2O3/c1-2-3-10(11(17)18)16-12(19)15-9-5-4-7(14)6-8(9)13/h2,4-6,10H,1,3H2,(H,17,18)(H2,15,16,19). The van der Waals surface area contributed by atoms with Crippen molar-refractivity contribution >= 4 is 56.2 Å². The van der Waals surface area contributed by atoms with Crippen molar-refractivity contribution in [3.05, 3.63) is 38.9 Å². The van der Waals surface area contributed by atoms with Crippen LogP contribution in [0.4, 0.5) is 10.5 Å². The summed E-state index contributed by atoms with van der Waals surface area (Å²) in [5, 5.41) is 13.9. The average molecular weight is 439 g/mol. The van der Waals surface area contributed by atoms with E-state index in [0.29, 0.717) is 5.69 Å². The van der Waals surface area contributed by atoms with Crippen LogP contribution in [0.15, 0.2) is 35.3 Å². The van der Waals surface area contributed by atoms with E-state index in [1.807, 2.05) is 12.1 Å². The summed E-state index contributed by atoms with van der Waals surface area (Å²) >= 11 is 5.47. The minimum Gasteiger partial charge on any atom is -0.480 e. The van der Waals surface area contributed by atoms with Crippen LogP contribution in [0.5, 0.6) is 0 Å². The Morgan fingerprint density at radius 1 is 1.53 bits per heavy atom. The molecule has 2 amide bonds. The molecular formula is C12H12BrIN2O3. The fourth-order valence-corrected chi connectivity index (χ4v) is 2.69. The van der Waals surface area contributed by atoms with Gasteiger partial charge in [0.25, 0.3) is 0 Å². The molecule has 102 valence electrons. The second kappa shape index (κ2) is 7.49. The first-order valence-corrected chi connectivity index (χ1v) is 7.17. The molecule has 0 heterocycles. The highest BCUT2D eigenvalue weighted by atomic mass is 127. The number of amides is 2. The number of halogens is 2. The third-order valence-electron chi connectivity index (χ3n) is 2.19. The number of carbonyl (C=O) groups is 2. The van der Waals surface area contributed by atoms with Gasteiger partial charge in [-0.2, -0.15) is 0 Å². The molecule has 0 aromatic heterocycles. The van der Waals surface area contributed by atoms with E-state index >= 15 is 0 Å². The van der Waals surface area contributed by atoms with Gasteiger partial charge >= 0.3 is 12.0 Å². The van der Waals surface area contributed by atoms with Gasteiger partial charge in [0.15, 0.2) is 0 Å². The number of anilines is 1. The molecule has 0 saturated carbocycles. The molecule has 1 unspecified atom stereocenters. The molecule has 1 aromatic rings. The molecule has 0 spiro atoms. The second-order valence-corrected chi connectivity index (χ2v) is 5.74. The van der Waals surface area contributed by atoms with Crippen molar-refractivity contribution in [1.29, 1.82) is 0 Å². The van der Waals surface area contributed by atoms with Gasteiger partial charge in [0, 0.05) is 8.04 Å². The molecule has 5 nitrogen and oxygen atoms in total. The summed E-state index contributed by atoms with van der Waals surface area (Å²) in [7, 11) is 0. The summed E-state index contributed by atoms with van der Waals surface area (Å²) in [6.07, 6.45) is 1.61. The number of carboxylic acids is 1. The van der Waals surface area contributed by atoms with Crippen LogP contribution in [0.25, 0.3) is 0 Å². The Morgan fingerprint density at radius 3 is 2.74 bits per heavy atom. The first kappa shape index (κ1) is 16.0. The minimum absolute atomic E-state index is 0.163. The smallest absolute Gasteiger partial charge is 0.326 e. The molecule has 0 saturated heterocycles. The van der Waals surface area contributed by atoms with E-state index < -0.39 is 18.0 Å². The summed E-state index contributed by atoms with van der Waals surface area (Å²) in [5.74, 6) is -1.10. The van der Waals surface area contributed by atoms with Crippen LogP contribution in [0, 0.1) is 3.57 Å². The van der Waals surface area contributed by atoms with Crippen LogP contribution in [0.3, 0.4) is 0 Å².